The zero-order chi connectivity index (χ0) is 20.3. The predicted molar refractivity (Wildman–Crippen MR) is 105 cm³/mol. The Labute approximate surface area is 165 Å². The molecule has 1 unspecified atom stereocenters. The summed E-state index contributed by atoms with van der Waals surface area (Å²) in [7, 11) is 1.56. The number of nitrogens with one attached hydrogen (secondary N) is 1. The minimum absolute atomic E-state index is 0.238. The van der Waals surface area contributed by atoms with Crippen molar-refractivity contribution in [2.75, 3.05) is 20.2 Å². The van der Waals surface area contributed by atoms with Crippen molar-refractivity contribution in [1.29, 1.82) is 0 Å². The van der Waals surface area contributed by atoms with E-state index < -0.39 is 17.5 Å². The molecule has 3 rings (SSSR count). The second-order valence-electron chi connectivity index (χ2n) is 7.25. The molecule has 150 valence electrons. The summed E-state index contributed by atoms with van der Waals surface area (Å²) in [6, 6.07) is 6.41. The zero-order valence-corrected chi connectivity index (χ0v) is 16.7. The number of allylic oxidation sites excluding steroid dienone is 2. The van der Waals surface area contributed by atoms with Crippen LogP contribution in [-0.2, 0) is 15.1 Å². The molecular weight excluding hydrogens is 358 g/mol. The minimum Gasteiger partial charge on any atom is -0.497 e. The lowest BCUT2D eigenvalue weighted by Crippen LogP contribution is -2.44. The number of amides is 4. The molecule has 0 radical (unpaired) electrons. The molecule has 1 aromatic rings. The topological polar surface area (TPSA) is 79.0 Å². The summed E-state index contributed by atoms with van der Waals surface area (Å²) in [5, 5.41) is 2.74. The van der Waals surface area contributed by atoms with E-state index in [0.717, 1.165) is 36.3 Å². The van der Waals surface area contributed by atoms with Gasteiger partial charge in [0.05, 0.1) is 7.11 Å². The molecule has 0 saturated carbocycles. The number of methoxy groups -OCH3 is 1. The van der Waals surface area contributed by atoms with Crippen LogP contribution >= 0.6 is 0 Å². The maximum absolute atomic E-state index is 13.0. The van der Waals surface area contributed by atoms with Crippen molar-refractivity contribution in [3.05, 3.63) is 41.6 Å². The summed E-state index contributed by atoms with van der Waals surface area (Å²) < 4.78 is 5.14. The lowest BCUT2D eigenvalue weighted by Gasteiger charge is -2.28. The van der Waals surface area contributed by atoms with Gasteiger partial charge in [0.25, 0.3) is 5.91 Å². The molecule has 1 aromatic carbocycles. The Morgan fingerprint density at radius 2 is 1.96 bits per heavy atom. The fourth-order valence-corrected chi connectivity index (χ4v) is 3.79. The Balaban J connectivity index is 1.77. The summed E-state index contributed by atoms with van der Waals surface area (Å²) >= 11 is 0. The number of imide groups is 1. The monoisotopic (exact) mass is 385 g/mol. The van der Waals surface area contributed by atoms with Gasteiger partial charge in [0.15, 0.2) is 0 Å². The lowest BCUT2D eigenvalue weighted by atomic mass is 9.92. The van der Waals surface area contributed by atoms with Gasteiger partial charge in [-0.3, -0.25) is 14.5 Å². The number of rotatable bonds is 6. The minimum atomic E-state index is -1.20. The highest BCUT2D eigenvalue weighted by molar-refractivity contribution is 6.09. The Morgan fingerprint density at radius 3 is 2.54 bits per heavy atom. The van der Waals surface area contributed by atoms with Gasteiger partial charge < -0.3 is 15.0 Å². The van der Waals surface area contributed by atoms with Crippen LogP contribution in [0.4, 0.5) is 4.79 Å². The van der Waals surface area contributed by atoms with E-state index in [1.807, 2.05) is 6.92 Å². The molecule has 7 nitrogen and oxygen atoms in total. The van der Waals surface area contributed by atoms with E-state index in [-0.39, 0.29) is 12.5 Å². The standard InChI is InChI=1S/C21H27N3O4/c1-4-23(16-8-6-5-7-9-16)18(25)14-24-19(26)21(2,22-20(24)27)15-10-12-17(28-3)13-11-15/h8,10-13H,4-7,9,14H2,1-3H3,(H,22,27). The first-order valence-corrected chi connectivity index (χ1v) is 9.68. The molecule has 1 aliphatic heterocycles. The van der Waals surface area contributed by atoms with Gasteiger partial charge in [-0.05, 0) is 57.2 Å². The van der Waals surface area contributed by atoms with Crippen LogP contribution in [-0.4, -0.2) is 47.8 Å². The first kappa shape index (κ1) is 19.9. The Kier molecular flexibility index (Phi) is 5.72. The van der Waals surface area contributed by atoms with Crippen LogP contribution in [0.1, 0.15) is 45.1 Å². The second-order valence-corrected chi connectivity index (χ2v) is 7.25. The normalized spacial score (nSPS) is 22.0. The third kappa shape index (κ3) is 3.61. The molecule has 1 fully saturated rings. The number of hydrogen-bond acceptors (Lipinski definition) is 4. The van der Waals surface area contributed by atoms with Gasteiger partial charge in [0.1, 0.15) is 17.8 Å². The molecular formula is C21H27N3O4. The van der Waals surface area contributed by atoms with Crippen LogP contribution in [0.5, 0.6) is 5.75 Å². The Hall–Kier alpha value is -2.83. The van der Waals surface area contributed by atoms with Gasteiger partial charge >= 0.3 is 6.03 Å². The quantitative estimate of drug-likeness (QED) is 0.764. The zero-order valence-electron chi connectivity index (χ0n) is 16.7. The predicted octanol–water partition coefficient (Wildman–Crippen LogP) is 2.77. The lowest BCUT2D eigenvalue weighted by molar-refractivity contribution is -0.138. The van der Waals surface area contributed by atoms with Crippen molar-refractivity contribution in [3.8, 4) is 5.75 Å². The van der Waals surface area contributed by atoms with E-state index in [0.29, 0.717) is 17.9 Å². The van der Waals surface area contributed by atoms with Crippen LogP contribution in [0, 0.1) is 0 Å². The van der Waals surface area contributed by atoms with E-state index in [4.69, 9.17) is 4.74 Å². The highest BCUT2D eigenvalue weighted by atomic mass is 16.5. The smallest absolute Gasteiger partial charge is 0.325 e. The van der Waals surface area contributed by atoms with Gasteiger partial charge in [-0.25, -0.2) is 4.79 Å². The van der Waals surface area contributed by atoms with Crippen LogP contribution in [0.3, 0.4) is 0 Å². The summed E-state index contributed by atoms with van der Waals surface area (Å²) in [6.45, 7) is 3.81. The maximum Gasteiger partial charge on any atom is 0.325 e. The third-order valence-corrected chi connectivity index (χ3v) is 5.47. The van der Waals surface area contributed by atoms with Crippen molar-refractivity contribution in [2.24, 2.45) is 0 Å². The molecule has 1 N–H and O–H groups in total. The molecule has 0 bridgehead atoms. The number of urea groups is 1. The van der Waals surface area contributed by atoms with Gasteiger partial charge in [-0.1, -0.05) is 18.2 Å². The average molecular weight is 385 g/mol. The van der Waals surface area contributed by atoms with Gasteiger partial charge in [-0.15, -0.1) is 0 Å². The number of benzene rings is 1. The van der Waals surface area contributed by atoms with E-state index in [1.54, 1.807) is 43.2 Å². The molecule has 1 saturated heterocycles. The van der Waals surface area contributed by atoms with Crippen LogP contribution in [0.15, 0.2) is 36.0 Å². The molecule has 1 heterocycles. The van der Waals surface area contributed by atoms with E-state index in [2.05, 4.69) is 11.4 Å². The maximum atomic E-state index is 13.0. The summed E-state index contributed by atoms with van der Waals surface area (Å²) in [4.78, 5) is 41.1. The first-order valence-electron chi connectivity index (χ1n) is 9.68. The molecule has 28 heavy (non-hydrogen) atoms. The number of hydrogen-bond donors (Lipinski definition) is 1. The molecule has 0 spiro atoms. The molecule has 0 aromatic heterocycles. The number of carbonyl (C=O) groups is 3. The molecule has 1 atom stereocenters. The fourth-order valence-electron chi connectivity index (χ4n) is 3.79. The van der Waals surface area contributed by atoms with Crippen LogP contribution in [0.2, 0.25) is 0 Å². The molecule has 1 aliphatic carbocycles. The van der Waals surface area contributed by atoms with Crippen molar-refractivity contribution >= 4 is 17.8 Å². The fraction of sp³-hybridized carbons (Fsp3) is 0.476. The highest BCUT2D eigenvalue weighted by Crippen LogP contribution is 2.30. The Morgan fingerprint density at radius 1 is 1.25 bits per heavy atom. The third-order valence-electron chi connectivity index (χ3n) is 5.47. The molecule has 2 aliphatic rings. The highest BCUT2D eigenvalue weighted by Gasteiger charge is 2.49. The number of ether oxygens (including phenoxy) is 1. The number of nitrogens with zero attached hydrogens (tertiary/aromatic N) is 2. The van der Waals surface area contributed by atoms with Crippen molar-refractivity contribution in [3.63, 3.8) is 0 Å². The van der Waals surface area contributed by atoms with Crippen molar-refractivity contribution in [1.82, 2.24) is 15.1 Å². The van der Waals surface area contributed by atoms with Crippen LogP contribution < -0.4 is 10.1 Å². The largest absolute Gasteiger partial charge is 0.497 e. The summed E-state index contributed by atoms with van der Waals surface area (Å²) in [6.07, 6.45) is 6.07. The SMILES string of the molecule is CCN(C(=O)CN1C(=O)NC(C)(c2ccc(OC)cc2)C1=O)C1=CCCCC1. The van der Waals surface area contributed by atoms with Gasteiger partial charge in [-0.2, -0.15) is 0 Å². The van der Waals surface area contributed by atoms with E-state index in [1.165, 1.54) is 0 Å². The molecule has 7 heteroatoms. The van der Waals surface area contributed by atoms with Gasteiger partial charge in [0, 0.05) is 12.2 Å². The summed E-state index contributed by atoms with van der Waals surface area (Å²) in [5.41, 5.74) is 0.429. The van der Waals surface area contributed by atoms with E-state index >= 15 is 0 Å². The van der Waals surface area contributed by atoms with Gasteiger partial charge in [0.2, 0.25) is 5.91 Å². The van der Waals surface area contributed by atoms with Crippen molar-refractivity contribution < 1.29 is 19.1 Å². The molecule has 4 amide bonds. The average Bonchev–Trinajstić information content (AvgIpc) is 2.93. The first-order chi connectivity index (χ1) is 13.4. The summed E-state index contributed by atoms with van der Waals surface area (Å²) in [5.74, 6) is -0.00155. The second kappa shape index (κ2) is 8.04. The van der Waals surface area contributed by atoms with Crippen molar-refractivity contribution in [2.45, 2.75) is 45.1 Å². The number of likely N-dealkylation sites (N-methyl/N-ethyl adjacent to an activating group) is 1. The van der Waals surface area contributed by atoms with Crippen LogP contribution in [0.25, 0.3) is 0 Å². The van der Waals surface area contributed by atoms with E-state index in [9.17, 15) is 14.4 Å². The number of carbonyl (C=O) groups excluding carboxylic acids is 3. The Bertz CT molecular complexity index is 802.